The zero-order valence-corrected chi connectivity index (χ0v) is 14.0. The molecular formula is C15H19FN2O5S. The maximum absolute atomic E-state index is 13.7. The fourth-order valence-electron chi connectivity index (χ4n) is 2.71. The Hall–Kier alpha value is -2.16. The second-order valence-electron chi connectivity index (χ2n) is 5.90. The van der Waals surface area contributed by atoms with Crippen molar-refractivity contribution >= 4 is 27.6 Å². The number of nitrogens with one attached hydrogen (secondary N) is 1. The van der Waals surface area contributed by atoms with E-state index >= 15 is 0 Å². The molecular weight excluding hydrogens is 339 g/mol. The van der Waals surface area contributed by atoms with Crippen molar-refractivity contribution in [3.63, 3.8) is 0 Å². The molecule has 0 saturated carbocycles. The molecule has 1 aliphatic rings. The number of carboxylic acid groups (broad SMARTS) is 1. The fourth-order valence-corrected chi connectivity index (χ4v) is 3.26. The van der Waals surface area contributed by atoms with Gasteiger partial charge in [-0.15, -0.1) is 0 Å². The number of hydrogen-bond donors (Lipinski definition) is 2. The first-order valence-electron chi connectivity index (χ1n) is 7.44. The van der Waals surface area contributed by atoms with E-state index in [1.807, 2.05) is 4.72 Å². The number of benzene rings is 1. The van der Waals surface area contributed by atoms with Crippen LogP contribution in [0.15, 0.2) is 18.2 Å². The molecule has 0 radical (unpaired) electrons. The standard InChI is InChI=1S/C15H19FN2O5S/c1-24(22,23)17-13-9-11(2-3-12(13)16)15(21)18-6-4-10(5-7-18)8-14(19)20/h2-3,9-10,17H,4-8H2,1H3,(H,19,20). The van der Waals surface area contributed by atoms with Gasteiger partial charge in [0.25, 0.3) is 5.91 Å². The van der Waals surface area contributed by atoms with E-state index in [0.717, 1.165) is 12.3 Å². The van der Waals surface area contributed by atoms with Crippen LogP contribution in [0.2, 0.25) is 0 Å². The Morgan fingerprint density at radius 3 is 2.50 bits per heavy atom. The van der Waals surface area contributed by atoms with Crippen molar-refractivity contribution in [2.75, 3.05) is 24.1 Å². The summed E-state index contributed by atoms with van der Waals surface area (Å²) in [5, 5.41) is 8.80. The maximum Gasteiger partial charge on any atom is 0.303 e. The van der Waals surface area contributed by atoms with Crippen LogP contribution in [0.1, 0.15) is 29.6 Å². The number of sulfonamides is 1. The zero-order valence-electron chi connectivity index (χ0n) is 13.2. The Morgan fingerprint density at radius 1 is 1.33 bits per heavy atom. The smallest absolute Gasteiger partial charge is 0.303 e. The zero-order chi connectivity index (χ0) is 17.9. The number of carboxylic acids is 1. The summed E-state index contributed by atoms with van der Waals surface area (Å²) in [5.74, 6) is -1.91. The molecule has 132 valence electrons. The first-order chi connectivity index (χ1) is 11.2. The number of amides is 1. The van der Waals surface area contributed by atoms with Gasteiger partial charge in [0, 0.05) is 25.1 Å². The summed E-state index contributed by atoms with van der Waals surface area (Å²) in [7, 11) is -3.66. The Labute approximate surface area is 139 Å². The largest absolute Gasteiger partial charge is 0.481 e. The van der Waals surface area contributed by atoms with Gasteiger partial charge >= 0.3 is 5.97 Å². The average Bonchev–Trinajstić information content (AvgIpc) is 2.47. The summed E-state index contributed by atoms with van der Waals surface area (Å²) in [6.07, 6.45) is 2.16. The first-order valence-corrected chi connectivity index (χ1v) is 9.33. The van der Waals surface area contributed by atoms with E-state index in [4.69, 9.17) is 5.11 Å². The van der Waals surface area contributed by atoms with E-state index in [9.17, 15) is 22.4 Å². The van der Waals surface area contributed by atoms with E-state index in [1.165, 1.54) is 12.1 Å². The molecule has 9 heteroatoms. The molecule has 24 heavy (non-hydrogen) atoms. The minimum atomic E-state index is -3.66. The number of likely N-dealkylation sites (tertiary alicyclic amines) is 1. The van der Waals surface area contributed by atoms with Crippen molar-refractivity contribution in [3.8, 4) is 0 Å². The molecule has 1 amide bonds. The average molecular weight is 358 g/mol. The number of hydrogen-bond acceptors (Lipinski definition) is 4. The van der Waals surface area contributed by atoms with Crippen LogP contribution in [0.25, 0.3) is 0 Å². The van der Waals surface area contributed by atoms with Crippen molar-refractivity contribution in [1.29, 1.82) is 0 Å². The lowest BCUT2D eigenvalue weighted by atomic mass is 9.93. The third kappa shape index (κ3) is 4.92. The topological polar surface area (TPSA) is 104 Å². The van der Waals surface area contributed by atoms with Crippen LogP contribution in [0, 0.1) is 11.7 Å². The van der Waals surface area contributed by atoms with Gasteiger partial charge in [-0.25, -0.2) is 12.8 Å². The number of carbonyl (C=O) groups is 2. The molecule has 1 aromatic rings. The summed E-state index contributed by atoms with van der Waals surface area (Å²) in [6, 6.07) is 3.51. The van der Waals surface area contributed by atoms with Crippen LogP contribution in [-0.2, 0) is 14.8 Å². The second-order valence-corrected chi connectivity index (χ2v) is 7.65. The van der Waals surface area contributed by atoms with E-state index in [1.54, 1.807) is 4.90 Å². The predicted molar refractivity (Wildman–Crippen MR) is 85.7 cm³/mol. The van der Waals surface area contributed by atoms with Crippen LogP contribution in [0.4, 0.5) is 10.1 Å². The van der Waals surface area contributed by atoms with Gasteiger partial charge in [-0.05, 0) is 37.0 Å². The predicted octanol–water partition coefficient (Wildman–Crippen LogP) is 1.52. The molecule has 1 aromatic carbocycles. The highest BCUT2D eigenvalue weighted by atomic mass is 32.2. The summed E-state index contributed by atoms with van der Waals surface area (Å²) in [5.41, 5.74) is -0.0941. The Morgan fingerprint density at radius 2 is 1.96 bits per heavy atom. The minimum Gasteiger partial charge on any atom is -0.481 e. The van der Waals surface area contributed by atoms with Crippen molar-refractivity contribution in [1.82, 2.24) is 4.90 Å². The minimum absolute atomic E-state index is 0.0437. The van der Waals surface area contributed by atoms with Crippen LogP contribution >= 0.6 is 0 Å². The van der Waals surface area contributed by atoms with Gasteiger partial charge in [-0.2, -0.15) is 0 Å². The van der Waals surface area contributed by atoms with E-state index < -0.39 is 21.8 Å². The monoisotopic (exact) mass is 358 g/mol. The molecule has 0 atom stereocenters. The molecule has 7 nitrogen and oxygen atoms in total. The van der Waals surface area contributed by atoms with Crippen LogP contribution < -0.4 is 4.72 Å². The third-order valence-electron chi connectivity index (χ3n) is 3.87. The number of piperidine rings is 1. The number of halogens is 1. The highest BCUT2D eigenvalue weighted by Crippen LogP contribution is 2.23. The van der Waals surface area contributed by atoms with E-state index in [2.05, 4.69) is 0 Å². The molecule has 0 aliphatic carbocycles. The van der Waals surface area contributed by atoms with Gasteiger partial charge < -0.3 is 10.0 Å². The van der Waals surface area contributed by atoms with Crippen LogP contribution in [0.5, 0.6) is 0 Å². The van der Waals surface area contributed by atoms with Crippen molar-refractivity contribution in [2.24, 2.45) is 5.92 Å². The molecule has 0 spiro atoms. The SMILES string of the molecule is CS(=O)(=O)Nc1cc(C(=O)N2CCC(CC(=O)O)CC2)ccc1F. The molecule has 1 aliphatic heterocycles. The number of carbonyl (C=O) groups excluding carboxylic acids is 1. The molecule has 1 saturated heterocycles. The third-order valence-corrected chi connectivity index (χ3v) is 4.46. The lowest BCUT2D eigenvalue weighted by molar-refractivity contribution is -0.138. The summed E-state index contributed by atoms with van der Waals surface area (Å²) < 4.78 is 38.2. The van der Waals surface area contributed by atoms with Gasteiger partial charge in [0.15, 0.2) is 0 Å². The second kappa shape index (κ2) is 7.16. The maximum atomic E-state index is 13.7. The molecule has 2 N–H and O–H groups in total. The number of rotatable bonds is 5. The first kappa shape index (κ1) is 18.2. The number of nitrogens with zero attached hydrogens (tertiary/aromatic N) is 1. The van der Waals surface area contributed by atoms with Crippen molar-refractivity contribution < 1.29 is 27.5 Å². The van der Waals surface area contributed by atoms with Gasteiger partial charge in [-0.3, -0.25) is 14.3 Å². The van der Waals surface area contributed by atoms with Gasteiger partial charge in [0.2, 0.25) is 10.0 Å². The van der Waals surface area contributed by atoms with Gasteiger partial charge in [0.05, 0.1) is 11.9 Å². The molecule has 1 fully saturated rings. The van der Waals surface area contributed by atoms with Gasteiger partial charge in [0.1, 0.15) is 5.82 Å². The Bertz CT molecular complexity index is 742. The molecule has 0 aromatic heterocycles. The van der Waals surface area contributed by atoms with Crippen LogP contribution in [-0.4, -0.2) is 49.6 Å². The number of anilines is 1. The number of aliphatic carboxylic acids is 1. The summed E-state index contributed by atoms with van der Waals surface area (Å²) >= 11 is 0. The lowest BCUT2D eigenvalue weighted by Crippen LogP contribution is -2.39. The normalized spacial score (nSPS) is 16.0. The molecule has 0 unspecified atom stereocenters. The highest BCUT2D eigenvalue weighted by Gasteiger charge is 2.25. The van der Waals surface area contributed by atoms with Crippen molar-refractivity contribution in [3.05, 3.63) is 29.6 Å². The molecule has 1 heterocycles. The summed E-state index contributed by atoms with van der Waals surface area (Å²) in [6.45, 7) is 0.839. The Balaban J connectivity index is 2.08. The highest BCUT2D eigenvalue weighted by molar-refractivity contribution is 7.92. The molecule has 0 bridgehead atoms. The molecule has 2 rings (SSSR count). The fraction of sp³-hybridized carbons (Fsp3) is 0.467. The van der Waals surface area contributed by atoms with E-state index in [0.29, 0.717) is 25.9 Å². The van der Waals surface area contributed by atoms with Crippen LogP contribution in [0.3, 0.4) is 0 Å². The summed E-state index contributed by atoms with van der Waals surface area (Å²) in [4.78, 5) is 24.7. The van der Waals surface area contributed by atoms with E-state index in [-0.39, 0.29) is 29.5 Å². The van der Waals surface area contributed by atoms with Gasteiger partial charge in [-0.1, -0.05) is 0 Å². The Kier molecular flexibility index (Phi) is 5.43. The lowest BCUT2D eigenvalue weighted by Gasteiger charge is -2.31. The quantitative estimate of drug-likeness (QED) is 0.831. The van der Waals surface area contributed by atoms with Crippen molar-refractivity contribution in [2.45, 2.75) is 19.3 Å².